The molecule has 0 spiro atoms. The Morgan fingerprint density at radius 2 is 1.29 bits per heavy atom. The molecule has 3 atom stereocenters. The van der Waals surface area contributed by atoms with E-state index < -0.39 is 67.5 Å². The van der Waals surface area contributed by atoms with E-state index in [1.165, 1.54) is 24.3 Å². The molecule has 2 bridgehead atoms. The Balaban J connectivity index is 1.33. The first kappa shape index (κ1) is 28.4. The highest BCUT2D eigenvalue weighted by molar-refractivity contribution is 9.10. The summed E-state index contributed by atoms with van der Waals surface area (Å²) in [6.45, 7) is 2.77. The second kappa shape index (κ2) is 9.95. The van der Waals surface area contributed by atoms with Crippen LogP contribution < -0.4 is 0 Å². The molecule has 2 amide bonds. The summed E-state index contributed by atoms with van der Waals surface area (Å²) in [6.07, 6.45) is 0. The maximum atomic E-state index is 14.3. The summed E-state index contributed by atoms with van der Waals surface area (Å²) in [4.78, 5) is 66.2. The van der Waals surface area contributed by atoms with Crippen molar-refractivity contribution in [2.24, 2.45) is 17.8 Å². The Bertz CT molecular complexity index is 1560. The summed E-state index contributed by atoms with van der Waals surface area (Å²) < 4.78 is 3.37. The average Bonchev–Trinajstić information content (AvgIpc) is 3.25. The number of alkyl halides is 2. The standard InChI is InChI=1S/C31H24Br2N2O7/c1-16(2)26(29(39)42-15-23(36)17-11-13-18(14-12-17)35(40)41)34-27(37)24-25(28(34)38)31(33)20-8-4-3-7-19(20)30(24,32)21-9-5-6-10-22(21)31/h3-14,16,24-26H,15H2,1-2H3/t24-,25-,26-,30?,31?/m1/s1. The van der Waals surface area contributed by atoms with Crippen molar-refractivity contribution in [3.8, 4) is 0 Å². The fraction of sp³-hybridized carbons (Fsp3) is 0.290. The number of esters is 1. The van der Waals surface area contributed by atoms with E-state index in [1.54, 1.807) is 13.8 Å². The molecule has 11 heteroatoms. The number of Topliss-reactive ketones (excluding diaryl/α,β-unsaturated/α-hetero) is 1. The molecule has 1 heterocycles. The number of nitro benzene ring substituents is 1. The lowest BCUT2D eigenvalue weighted by molar-refractivity contribution is -0.384. The molecule has 0 unspecified atom stereocenters. The number of non-ortho nitro benzene ring substituents is 1. The molecule has 42 heavy (non-hydrogen) atoms. The highest BCUT2D eigenvalue weighted by Gasteiger charge is 2.73. The van der Waals surface area contributed by atoms with Crippen molar-refractivity contribution < 1.29 is 28.8 Å². The van der Waals surface area contributed by atoms with Gasteiger partial charge in [-0.25, -0.2) is 4.79 Å². The Morgan fingerprint density at radius 1 is 0.857 bits per heavy atom. The molecular formula is C31H24Br2N2O7. The largest absolute Gasteiger partial charge is 0.456 e. The van der Waals surface area contributed by atoms with Gasteiger partial charge in [0.2, 0.25) is 11.8 Å². The fourth-order valence-electron chi connectivity index (χ4n) is 6.71. The van der Waals surface area contributed by atoms with Crippen LogP contribution in [0.1, 0.15) is 46.5 Å². The SMILES string of the molecule is CC(C)[C@H](C(=O)OCC(=O)c1ccc([N+](=O)[O-])cc1)N1C(=O)[C@H]2[C@H](C1=O)C1(Br)c3ccccc3C2(Br)c2ccccc21. The second-order valence-electron chi connectivity index (χ2n) is 11.0. The van der Waals surface area contributed by atoms with Gasteiger partial charge in [0, 0.05) is 17.7 Å². The normalized spacial score (nSPS) is 26.0. The van der Waals surface area contributed by atoms with Gasteiger partial charge in [-0.15, -0.1) is 0 Å². The summed E-state index contributed by atoms with van der Waals surface area (Å²) in [5.41, 5.74) is 3.46. The highest BCUT2D eigenvalue weighted by Crippen LogP contribution is 2.70. The topological polar surface area (TPSA) is 124 Å². The number of carbonyl (C=O) groups is 4. The Labute approximate surface area is 257 Å². The van der Waals surface area contributed by atoms with Crippen molar-refractivity contribution in [2.45, 2.75) is 28.5 Å². The smallest absolute Gasteiger partial charge is 0.330 e. The second-order valence-corrected chi connectivity index (χ2v) is 13.5. The van der Waals surface area contributed by atoms with E-state index in [0.717, 1.165) is 27.2 Å². The molecule has 4 aliphatic rings. The molecular weight excluding hydrogens is 672 g/mol. The van der Waals surface area contributed by atoms with Crippen molar-refractivity contribution in [1.29, 1.82) is 0 Å². The summed E-state index contributed by atoms with van der Waals surface area (Å²) >= 11 is 7.89. The van der Waals surface area contributed by atoms with Crippen LogP contribution in [0.15, 0.2) is 72.8 Å². The first-order chi connectivity index (χ1) is 19.9. The molecule has 0 radical (unpaired) electrons. The van der Waals surface area contributed by atoms with Gasteiger partial charge in [-0.3, -0.25) is 29.4 Å². The molecule has 1 aliphatic heterocycles. The van der Waals surface area contributed by atoms with Gasteiger partial charge in [0.05, 0.1) is 25.4 Å². The molecule has 214 valence electrons. The van der Waals surface area contributed by atoms with Gasteiger partial charge in [0.15, 0.2) is 12.4 Å². The average molecular weight is 696 g/mol. The van der Waals surface area contributed by atoms with Gasteiger partial charge in [-0.2, -0.15) is 0 Å². The van der Waals surface area contributed by atoms with E-state index in [9.17, 15) is 29.3 Å². The zero-order valence-electron chi connectivity index (χ0n) is 22.5. The number of ketones is 1. The first-order valence-corrected chi connectivity index (χ1v) is 14.9. The number of rotatable bonds is 7. The van der Waals surface area contributed by atoms with Crippen LogP contribution in [0.5, 0.6) is 0 Å². The third-order valence-electron chi connectivity index (χ3n) is 8.52. The number of imide groups is 1. The molecule has 0 saturated carbocycles. The lowest BCUT2D eigenvalue weighted by Crippen LogP contribution is -2.56. The number of likely N-dealkylation sites (tertiary alicyclic amines) is 1. The molecule has 7 rings (SSSR count). The van der Waals surface area contributed by atoms with E-state index in [2.05, 4.69) is 31.9 Å². The van der Waals surface area contributed by atoms with Crippen LogP contribution in [0, 0.1) is 27.9 Å². The van der Waals surface area contributed by atoms with E-state index in [-0.39, 0.29) is 11.3 Å². The predicted octanol–water partition coefficient (Wildman–Crippen LogP) is 5.25. The van der Waals surface area contributed by atoms with Gasteiger partial charge in [-0.1, -0.05) is 94.2 Å². The van der Waals surface area contributed by atoms with Crippen molar-refractivity contribution in [2.75, 3.05) is 6.61 Å². The van der Waals surface area contributed by atoms with Gasteiger partial charge >= 0.3 is 5.97 Å². The summed E-state index contributed by atoms with van der Waals surface area (Å²) in [6, 6.07) is 19.0. The first-order valence-electron chi connectivity index (χ1n) is 13.3. The van der Waals surface area contributed by atoms with Crippen LogP contribution in [0.2, 0.25) is 0 Å². The number of ether oxygens (including phenoxy) is 1. The Morgan fingerprint density at radius 3 is 1.67 bits per heavy atom. The van der Waals surface area contributed by atoms with E-state index >= 15 is 0 Å². The van der Waals surface area contributed by atoms with Gasteiger partial charge < -0.3 is 4.74 Å². The highest BCUT2D eigenvalue weighted by atomic mass is 79.9. The number of nitrogens with zero attached hydrogens (tertiary/aromatic N) is 2. The lowest BCUT2D eigenvalue weighted by Gasteiger charge is -2.55. The summed E-state index contributed by atoms with van der Waals surface area (Å²) in [7, 11) is 0. The van der Waals surface area contributed by atoms with Crippen LogP contribution in [0.25, 0.3) is 0 Å². The maximum Gasteiger partial charge on any atom is 0.330 e. The zero-order chi connectivity index (χ0) is 30.1. The number of amides is 2. The van der Waals surface area contributed by atoms with Crippen LogP contribution in [0.4, 0.5) is 5.69 Å². The number of hydrogen-bond donors (Lipinski definition) is 0. The van der Waals surface area contributed by atoms with E-state index in [1.807, 2.05) is 48.5 Å². The molecule has 0 N–H and O–H groups in total. The van der Waals surface area contributed by atoms with Gasteiger partial charge in [0.25, 0.3) is 5.69 Å². The molecule has 3 aromatic carbocycles. The number of hydrogen-bond acceptors (Lipinski definition) is 7. The Kier molecular flexibility index (Phi) is 6.73. The van der Waals surface area contributed by atoms with Crippen molar-refractivity contribution in [3.63, 3.8) is 0 Å². The maximum absolute atomic E-state index is 14.3. The minimum atomic E-state index is -1.27. The molecule has 0 aromatic heterocycles. The van der Waals surface area contributed by atoms with Crippen LogP contribution in [0.3, 0.4) is 0 Å². The minimum absolute atomic E-state index is 0.128. The van der Waals surface area contributed by atoms with Gasteiger partial charge in [-0.05, 0) is 40.3 Å². The quantitative estimate of drug-likeness (QED) is 0.0826. The summed E-state index contributed by atoms with van der Waals surface area (Å²) in [5, 5.41) is 10.9. The third-order valence-corrected chi connectivity index (χ3v) is 11.2. The van der Waals surface area contributed by atoms with Crippen LogP contribution in [-0.4, -0.2) is 46.0 Å². The molecule has 1 saturated heterocycles. The number of nitro groups is 1. The minimum Gasteiger partial charge on any atom is -0.456 e. The monoisotopic (exact) mass is 694 g/mol. The van der Waals surface area contributed by atoms with Gasteiger partial charge in [0.1, 0.15) is 6.04 Å². The molecule has 3 aliphatic carbocycles. The van der Waals surface area contributed by atoms with Crippen molar-refractivity contribution in [3.05, 3.63) is 111 Å². The Hall–Kier alpha value is -3.70. The molecule has 1 fully saturated rings. The van der Waals surface area contributed by atoms with E-state index in [4.69, 9.17) is 4.74 Å². The number of halogens is 2. The van der Waals surface area contributed by atoms with Crippen molar-refractivity contribution in [1.82, 2.24) is 4.90 Å². The number of carbonyl (C=O) groups excluding carboxylic acids is 4. The molecule has 3 aromatic rings. The predicted molar refractivity (Wildman–Crippen MR) is 158 cm³/mol. The summed E-state index contributed by atoms with van der Waals surface area (Å²) in [5.74, 6) is -4.64. The van der Waals surface area contributed by atoms with Crippen molar-refractivity contribution >= 4 is 61.1 Å². The zero-order valence-corrected chi connectivity index (χ0v) is 25.6. The van der Waals surface area contributed by atoms with Crippen LogP contribution >= 0.6 is 31.9 Å². The number of benzene rings is 3. The fourth-order valence-corrected chi connectivity index (χ4v) is 9.02. The van der Waals surface area contributed by atoms with E-state index in [0.29, 0.717) is 0 Å². The van der Waals surface area contributed by atoms with Crippen LogP contribution in [-0.2, 0) is 27.8 Å². The molecule has 9 nitrogen and oxygen atoms in total. The third kappa shape index (κ3) is 3.79. The lowest BCUT2D eigenvalue weighted by atomic mass is 9.54.